The number of aromatic nitrogens is 2. The van der Waals surface area contributed by atoms with Crippen LogP contribution in [0.25, 0.3) is 0 Å². The summed E-state index contributed by atoms with van der Waals surface area (Å²) in [7, 11) is 0. The standard InChI is InChI=1S/C14H14BrN3O2/c1-2-7-19-13-4-3-12(15)8-11(13)9-16-6-5-14-17-10-18-20-14/h1,3-4,8,10,16H,5-7,9H2. The summed E-state index contributed by atoms with van der Waals surface area (Å²) in [6.45, 7) is 1.67. The first-order valence-electron chi connectivity index (χ1n) is 6.10. The third-order valence-electron chi connectivity index (χ3n) is 2.57. The molecule has 5 nitrogen and oxygen atoms in total. The predicted octanol–water partition coefficient (Wildman–Crippen LogP) is 2.18. The highest BCUT2D eigenvalue weighted by molar-refractivity contribution is 9.10. The molecule has 0 aliphatic carbocycles. The summed E-state index contributed by atoms with van der Waals surface area (Å²) < 4.78 is 11.4. The van der Waals surface area contributed by atoms with Gasteiger partial charge in [-0.15, -0.1) is 6.42 Å². The maximum Gasteiger partial charge on any atom is 0.227 e. The number of benzene rings is 1. The molecule has 2 rings (SSSR count). The smallest absolute Gasteiger partial charge is 0.227 e. The lowest BCUT2D eigenvalue weighted by molar-refractivity contribution is 0.363. The van der Waals surface area contributed by atoms with Crippen molar-refractivity contribution in [2.45, 2.75) is 13.0 Å². The van der Waals surface area contributed by atoms with Gasteiger partial charge in [0.15, 0.2) is 6.33 Å². The van der Waals surface area contributed by atoms with Gasteiger partial charge in [-0.05, 0) is 18.2 Å². The Hall–Kier alpha value is -1.84. The van der Waals surface area contributed by atoms with Crippen LogP contribution in [0.1, 0.15) is 11.5 Å². The van der Waals surface area contributed by atoms with Gasteiger partial charge in [0, 0.05) is 29.5 Å². The molecule has 2 aromatic rings. The summed E-state index contributed by atoms with van der Waals surface area (Å²) in [5, 5.41) is 6.86. The van der Waals surface area contributed by atoms with Crippen molar-refractivity contribution in [3.05, 3.63) is 40.5 Å². The molecule has 0 unspecified atom stereocenters. The summed E-state index contributed by atoms with van der Waals surface area (Å²) in [4.78, 5) is 3.96. The van der Waals surface area contributed by atoms with E-state index in [0.717, 1.165) is 22.3 Å². The second-order valence-electron chi connectivity index (χ2n) is 4.01. The topological polar surface area (TPSA) is 60.2 Å². The molecule has 0 bridgehead atoms. The van der Waals surface area contributed by atoms with Gasteiger partial charge in [-0.1, -0.05) is 27.0 Å². The van der Waals surface area contributed by atoms with Crippen molar-refractivity contribution in [3.8, 4) is 18.1 Å². The van der Waals surface area contributed by atoms with Gasteiger partial charge in [-0.2, -0.15) is 4.98 Å². The fourth-order valence-corrected chi connectivity index (χ4v) is 2.08. The van der Waals surface area contributed by atoms with Crippen LogP contribution in [-0.4, -0.2) is 23.3 Å². The van der Waals surface area contributed by atoms with Crippen molar-refractivity contribution in [2.75, 3.05) is 13.2 Å². The highest BCUT2D eigenvalue weighted by atomic mass is 79.9. The number of hydrogen-bond donors (Lipinski definition) is 1. The normalized spacial score (nSPS) is 10.2. The van der Waals surface area contributed by atoms with E-state index in [2.05, 4.69) is 37.3 Å². The monoisotopic (exact) mass is 335 g/mol. The number of ether oxygens (including phenoxy) is 1. The number of nitrogens with one attached hydrogen (secondary N) is 1. The zero-order valence-electron chi connectivity index (χ0n) is 10.8. The van der Waals surface area contributed by atoms with E-state index in [1.807, 2.05) is 18.2 Å². The minimum absolute atomic E-state index is 0.261. The third kappa shape index (κ3) is 4.37. The molecule has 0 aliphatic heterocycles. The van der Waals surface area contributed by atoms with Gasteiger partial charge in [-0.3, -0.25) is 0 Å². The number of hydrogen-bond acceptors (Lipinski definition) is 5. The van der Waals surface area contributed by atoms with Crippen LogP contribution in [0.4, 0.5) is 0 Å². The van der Waals surface area contributed by atoms with E-state index in [1.54, 1.807) is 0 Å². The zero-order chi connectivity index (χ0) is 14.2. The largest absolute Gasteiger partial charge is 0.481 e. The molecular weight excluding hydrogens is 322 g/mol. The van der Waals surface area contributed by atoms with Crippen molar-refractivity contribution in [1.29, 1.82) is 0 Å². The lowest BCUT2D eigenvalue weighted by Crippen LogP contribution is -2.17. The molecule has 0 aliphatic rings. The van der Waals surface area contributed by atoms with E-state index in [0.29, 0.717) is 18.9 Å². The Bertz CT molecular complexity index is 579. The minimum Gasteiger partial charge on any atom is -0.481 e. The van der Waals surface area contributed by atoms with Crippen molar-refractivity contribution in [3.63, 3.8) is 0 Å². The van der Waals surface area contributed by atoms with Gasteiger partial charge in [0.2, 0.25) is 5.89 Å². The van der Waals surface area contributed by atoms with E-state index in [1.165, 1.54) is 6.33 Å². The second-order valence-corrected chi connectivity index (χ2v) is 4.92. The zero-order valence-corrected chi connectivity index (χ0v) is 12.4. The molecule has 1 heterocycles. The van der Waals surface area contributed by atoms with Crippen LogP contribution in [0.5, 0.6) is 5.75 Å². The third-order valence-corrected chi connectivity index (χ3v) is 3.06. The van der Waals surface area contributed by atoms with Crippen molar-refractivity contribution in [1.82, 2.24) is 15.5 Å². The average Bonchev–Trinajstić information content (AvgIpc) is 2.96. The molecule has 6 heteroatoms. The van der Waals surface area contributed by atoms with Gasteiger partial charge < -0.3 is 14.6 Å². The Kier molecular flexibility index (Phi) is 5.59. The Morgan fingerprint density at radius 1 is 1.45 bits per heavy atom. The summed E-state index contributed by atoms with van der Waals surface area (Å²) in [5.41, 5.74) is 1.04. The van der Waals surface area contributed by atoms with Gasteiger partial charge in [0.25, 0.3) is 0 Å². The van der Waals surface area contributed by atoms with Gasteiger partial charge in [-0.25, -0.2) is 0 Å². The van der Waals surface area contributed by atoms with Gasteiger partial charge >= 0.3 is 0 Å². The molecule has 1 aromatic heterocycles. The van der Waals surface area contributed by atoms with Crippen LogP contribution in [-0.2, 0) is 13.0 Å². The fourth-order valence-electron chi connectivity index (χ4n) is 1.67. The highest BCUT2D eigenvalue weighted by Gasteiger charge is 2.05. The first-order valence-corrected chi connectivity index (χ1v) is 6.90. The van der Waals surface area contributed by atoms with Crippen LogP contribution in [0.3, 0.4) is 0 Å². The van der Waals surface area contributed by atoms with Gasteiger partial charge in [0.05, 0.1) is 0 Å². The molecule has 20 heavy (non-hydrogen) atoms. The van der Waals surface area contributed by atoms with Gasteiger partial charge in [0.1, 0.15) is 12.4 Å². The highest BCUT2D eigenvalue weighted by Crippen LogP contribution is 2.23. The maximum atomic E-state index is 5.51. The minimum atomic E-state index is 0.261. The summed E-state index contributed by atoms with van der Waals surface area (Å²) >= 11 is 3.45. The Morgan fingerprint density at radius 2 is 2.35 bits per heavy atom. The fraction of sp³-hybridized carbons (Fsp3) is 0.286. The molecule has 0 radical (unpaired) electrons. The number of terminal acetylenes is 1. The van der Waals surface area contributed by atoms with E-state index in [-0.39, 0.29) is 6.61 Å². The summed E-state index contributed by atoms with van der Waals surface area (Å²) in [6.07, 6.45) is 7.30. The summed E-state index contributed by atoms with van der Waals surface area (Å²) in [6, 6.07) is 5.83. The quantitative estimate of drug-likeness (QED) is 0.620. The van der Waals surface area contributed by atoms with Crippen LogP contribution in [0.2, 0.25) is 0 Å². The van der Waals surface area contributed by atoms with Crippen molar-refractivity contribution < 1.29 is 9.26 Å². The van der Waals surface area contributed by atoms with Crippen LogP contribution in [0, 0.1) is 12.3 Å². The molecule has 104 valence electrons. The molecule has 0 fully saturated rings. The summed E-state index contributed by atoms with van der Waals surface area (Å²) in [5.74, 6) is 3.87. The lowest BCUT2D eigenvalue weighted by Gasteiger charge is -2.11. The SMILES string of the molecule is C#CCOc1ccc(Br)cc1CNCCc1ncno1. The van der Waals surface area contributed by atoms with Crippen LogP contribution in [0.15, 0.2) is 33.5 Å². The molecular formula is C14H14BrN3O2. The van der Waals surface area contributed by atoms with E-state index in [9.17, 15) is 0 Å². The molecule has 0 spiro atoms. The molecule has 0 saturated carbocycles. The number of nitrogens with zero attached hydrogens (tertiary/aromatic N) is 2. The predicted molar refractivity (Wildman–Crippen MR) is 78.2 cm³/mol. The Morgan fingerprint density at radius 3 is 3.10 bits per heavy atom. The second kappa shape index (κ2) is 7.68. The van der Waals surface area contributed by atoms with E-state index < -0.39 is 0 Å². The molecule has 1 aromatic carbocycles. The Balaban J connectivity index is 1.87. The van der Waals surface area contributed by atoms with Crippen LogP contribution < -0.4 is 10.1 Å². The molecule has 0 saturated heterocycles. The number of rotatable bonds is 7. The Labute approximate surface area is 125 Å². The van der Waals surface area contributed by atoms with Crippen molar-refractivity contribution >= 4 is 15.9 Å². The van der Waals surface area contributed by atoms with Crippen molar-refractivity contribution in [2.24, 2.45) is 0 Å². The van der Waals surface area contributed by atoms with E-state index >= 15 is 0 Å². The van der Waals surface area contributed by atoms with Crippen LogP contribution >= 0.6 is 15.9 Å². The van der Waals surface area contributed by atoms with E-state index in [4.69, 9.17) is 15.7 Å². The first-order chi connectivity index (χ1) is 9.79. The lowest BCUT2D eigenvalue weighted by atomic mass is 10.2. The molecule has 1 N–H and O–H groups in total. The maximum absolute atomic E-state index is 5.51. The molecule has 0 atom stereocenters. The molecule has 0 amide bonds. The first kappa shape index (κ1) is 14.6. The number of halogens is 1. The average molecular weight is 336 g/mol.